The first-order valence-electron chi connectivity index (χ1n) is 8.51. The number of nitrogens with one attached hydrogen (secondary N) is 1. The Morgan fingerprint density at radius 3 is 3.04 bits per heavy atom. The molecule has 1 aliphatic heterocycles. The van der Waals surface area contributed by atoms with Crippen molar-refractivity contribution in [2.24, 2.45) is 0 Å². The van der Waals surface area contributed by atoms with Crippen LogP contribution in [-0.4, -0.2) is 51.3 Å². The van der Waals surface area contributed by atoms with Gasteiger partial charge in [0.2, 0.25) is 0 Å². The third-order valence-corrected chi connectivity index (χ3v) is 4.38. The SMILES string of the molecule is O=C(N[C@@H]1CCOC[C@H]1OCc1ccccc1)c1ccc2nnnn2c1. The lowest BCUT2D eigenvalue weighted by molar-refractivity contribution is -0.0736. The Morgan fingerprint density at radius 1 is 1.27 bits per heavy atom. The number of benzene rings is 1. The summed E-state index contributed by atoms with van der Waals surface area (Å²) >= 11 is 0. The van der Waals surface area contributed by atoms with Crippen molar-refractivity contribution in [1.82, 2.24) is 25.4 Å². The van der Waals surface area contributed by atoms with E-state index < -0.39 is 0 Å². The highest BCUT2D eigenvalue weighted by atomic mass is 16.5. The van der Waals surface area contributed by atoms with Gasteiger partial charge in [-0.05, 0) is 34.5 Å². The second-order valence-corrected chi connectivity index (χ2v) is 6.18. The predicted octanol–water partition coefficient (Wildman–Crippen LogP) is 1.23. The van der Waals surface area contributed by atoms with Crippen LogP contribution in [-0.2, 0) is 16.1 Å². The van der Waals surface area contributed by atoms with E-state index in [-0.39, 0.29) is 18.1 Å². The molecular formula is C18H19N5O3. The van der Waals surface area contributed by atoms with E-state index in [1.807, 2.05) is 30.3 Å². The van der Waals surface area contributed by atoms with Crippen LogP contribution in [0.4, 0.5) is 0 Å². The number of carbonyl (C=O) groups excluding carboxylic acids is 1. The van der Waals surface area contributed by atoms with E-state index >= 15 is 0 Å². The molecule has 26 heavy (non-hydrogen) atoms. The van der Waals surface area contributed by atoms with Gasteiger partial charge in [0.15, 0.2) is 5.65 Å². The van der Waals surface area contributed by atoms with Crippen LogP contribution in [0.2, 0.25) is 0 Å². The quantitative estimate of drug-likeness (QED) is 0.742. The normalized spacial score (nSPS) is 20.2. The average Bonchev–Trinajstić information content (AvgIpc) is 3.16. The number of hydrogen-bond donors (Lipinski definition) is 1. The lowest BCUT2D eigenvalue weighted by Gasteiger charge is -2.32. The summed E-state index contributed by atoms with van der Waals surface area (Å²) in [5.41, 5.74) is 2.18. The van der Waals surface area contributed by atoms with Crippen molar-refractivity contribution < 1.29 is 14.3 Å². The van der Waals surface area contributed by atoms with E-state index in [0.29, 0.717) is 37.5 Å². The van der Waals surface area contributed by atoms with E-state index in [1.54, 1.807) is 18.3 Å². The van der Waals surface area contributed by atoms with Crippen LogP contribution in [0.1, 0.15) is 22.3 Å². The molecular weight excluding hydrogens is 334 g/mol. The second kappa shape index (κ2) is 7.59. The van der Waals surface area contributed by atoms with Gasteiger partial charge in [0, 0.05) is 12.8 Å². The van der Waals surface area contributed by atoms with Gasteiger partial charge in [0.05, 0.1) is 24.8 Å². The van der Waals surface area contributed by atoms with Crippen molar-refractivity contribution in [2.75, 3.05) is 13.2 Å². The fraction of sp³-hybridized carbons (Fsp3) is 0.333. The van der Waals surface area contributed by atoms with E-state index in [2.05, 4.69) is 20.8 Å². The summed E-state index contributed by atoms with van der Waals surface area (Å²) in [6, 6.07) is 13.3. The Labute approximate surface area is 150 Å². The number of pyridine rings is 1. The van der Waals surface area contributed by atoms with E-state index in [1.165, 1.54) is 4.52 Å². The number of carbonyl (C=O) groups is 1. The topological polar surface area (TPSA) is 90.6 Å². The second-order valence-electron chi connectivity index (χ2n) is 6.18. The summed E-state index contributed by atoms with van der Waals surface area (Å²) in [7, 11) is 0. The van der Waals surface area contributed by atoms with Crippen molar-refractivity contribution in [1.29, 1.82) is 0 Å². The van der Waals surface area contributed by atoms with Crippen LogP contribution in [0.3, 0.4) is 0 Å². The van der Waals surface area contributed by atoms with Crippen LogP contribution in [0.25, 0.3) is 5.65 Å². The van der Waals surface area contributed by atoms with Gasteiger partial charge in [-0.3, -0.25) is 4.79 Å². The minimum atomic E-state index is -0.190. The molecule has 0 spiro atoms. The van der Waals surface area contributed by atoms with E-state index in [4.69, 9.17) is 9.47 Å². The molecule has 3 heterocycles. The van der Waals surface area contributed by atoms with Gasteiger partial charge >= 0.3 is 0 Å². The molecule has 0 radical (unpaired) electrons. The zero-order chi connectivity index (χ0) is 17.8. The maximum Gasteiger partial charge on any atom is 0.253 e. The summed E-state index contributed by atoms with van der Waals surface area (Å²) in [6.07, 6.45) is 2.13. The molecule has 0 aliphatic carbocycles. The fourth-order valence-corrected chi connectivity index (χ4v) is 2.95. The zero-order valence-corrected chi connectivity index (χ0v) is 14.1. The minimum absolute atomic E-state index is 0.107. The van der Waals surface area contributed by atoms with Gasteiger partial charge in [0.1, 0.15) is 6.10 Å². The summed E-state index contributed by atoms with van der Waals surface area (Å²) in [6.45, 7) is 1.55. The van der Waals surface area contributed by atoms with Crippen LogP contribution in [0.15, 0.2) is 48.7 Å². The van der Waals surface area contributed by atoms with Gasteiger partial charge in [-0.25, -0.2) is 0 Å². The lowest BCUT2D eigenvalue weighted by Crippen LogP contribution is -2.50. The number of nitrogens with zero attached hydrogens (tertiary/aromatic N) is 4. The Morgan fingerprint density at radius 2 is 2.15 bits per heavy atom. The van der Waals surface area contributed by atoms with Gasteiger partial charge in [-0.1, -0.05) is 30.3 Å². The first-order valence-corrected chi connectivity index (χ1v) is 8.51. The zero-order valence-electron chi connectivity index (χ0n) is 14.1. The molecule has 1 amide bonds. The van der Waals surface area contributed by atoms with Crippen LogP contribution < -0.4 is 5.32 Å². The predicted molar refractivity (Wildman–Crippen MR) is 92.5 cm³/mol. The molecule has 0 bridgehead atoms. The van der Waals surface area contributed by atoms with Crippen molar-refractivity contribution >= 4 is 11.6 Å². The van der Waals surface area contributed by atoms with Gasteiger partial charge in [-0.2, -0.15) is 4.52 Å². The highest BCUT2D eigenvalue weighted by Gasteiger charge is 2.28. The lowest BCUT2D eigenvalue weighted by atomic mass is 10.1. The average molecular weight is 353 g/mol. The van der Waals surface area contributed by atoms with E-state index in [0.717, 1.165) is 5.56 Å². The Kier molecular flexibility index (Phi) is 4.85. The largest absolute Gasteiger partial charge is 0.379 e. The Hall–Kier alpha value is -2.84. The fourth-order valence-electron chi connectivity index (χ4n) is 2.95. The molecule has 2 aromatic heterocycles. The van der Waals surface area contributed by atoms with Crippen molar-refractivity contribution in [3.8, 4) is 0 Å². The maximum atomic E-state index is 12.6. The standard InChI is InChI=1S/C18H19N5O3/c24-18(14-6-7-17-20-21-22-23(17)10-14)19-15-8-9-25-12-16(15)26-11-13-4-2-1-3-5-13/h1-7,10,15-16H,8-9,11-12H2,(H,19,24)/t15-,16-/m1/s1. The molecule has 4 rings (SSSR count). The van der Waals surface area contributed by atoms with Crippen LogP contribution in [0.5, 0.6) is 0 Å². The molecule has 0 unspecified atom stereocenters. The number of fused-ring (bicyclic) bond motifs is 1. The van der Waals surface area contributed by atoms with Crippen molar-refractivity contribution in [2.45, 2.75) is 25.2 Å². The summed E-state index contributed by atoms with van der Waals surface area (Å²) in [5, 5.41) is 14.3. The number of ether oxygens (including phenoxy) is 2. The Balaban J connectivity index is 1.41. The van der Waals surface area contributed by atoms with Crippen molar-refractivity contribution in [3.05, 3.63) is 59.8 Å². The maximum absolute atomic E-state index is 12.6. The van der Waals surface area contributed by atoms with E-state index in [9.17, 15) is 4.79 Å². The highest BCUT2D eigenvalue weighted by Crippen LogP contribution is 2.15. The number of rotatable bonds is 5. The first-order chi connectivity index (χ1) is 12.8. The number of aromatic nitrogens is 4. The third-order valence-electron chi connectivity index (χ3n) is 4.38. The highest BCUT2D eigenvalue weighted by molar-refractivity contribution is 5.94. The van der Waals surface area contributed by atoms with Gasteiger partial charge in [0.25, 0.3) is 5.91 Å². The number of amides is 1. The molecule has 1 fully saturated rings. The van der Waals surface area contributed by atoms with Crippen molar-refractivity contribution in [3.63, 3.8) is 0 Å². The summed E-state index contributed by atoms with van der Waals surface area (Å²) in [5.74, 6) is -0.178. The third kappa shape index (κ3) is 3.71. The van der Waals surface area contributed by atoms with Gasteiger partial charge in [-0.15, -0.1) is 5.10 Å². The number of hydrogen-bond acceptors (Lipinski definition) is 6. The molecule has 8 heteroatoms. The first kappa shape index (κ1) is 16.6. The van der Waals surface area contributed by atoms with Crippen LogP contribution >= 0.6 is 0 Å². The molecule has 8 nitrogen and oxygen atoms in total. The summed E-state index contributed by atoms with van der Waals surface area (Å²) < 4.78 is 13.0. The molecule has 2 atom stereocenters. The molecule has 3 aromatic rings. The summed E-state index contributed by atoms with van der Waals surface area (Å²) in [4.78, 5) is 12.6. The smallest absolute Gasteiger partial charge is 0.253 e. The molecule has 1 N–H and O–H groups in total. The number of tetrazole rings is 1. The van der Waals surface area contributed by atoms with Crippen LogP contribution in [0, 0.1) is 0 Å². The molecule has 134 valence electrons. The Bertz CT molecular complexity index is 883. The van der Waals surface area contributed by atoms with Gasteiger partial charge < -0.3 is 14.8 Å². The minimum Gasteiger partial charge on any atom is -0.379 e. The molecule has 1 aliphatic rings. The monoisotopic (exact) mass is 353 g/mol. The molecule has 0 saturated carbocycles. The molecule has 1 aromatic carbocycles. The molecule has 1 saturated heterocycles.